The Morgan fingerprint density at radius 1 is 0.868 bits per heavy atom. The zero-order valence-electron chi connectivity index (χ0n) is 22.5. The second-order valence-corrected chi connectivity index (χ2v) is 11.4. The maximum atomic E-state index is 6.19. The molecule has 0 amide bonds. The van der Waals surface area contributed by atoms with Gasteiger partial charge in [-0.1, -0.05) is 67.8 Å². The Kier molecular flexibility index (Phi) is 9.39. The van der Waals surface area contributed by atoms with Gasteiger partial charge in [-0.2, -0.15) is 0 Å². The largest absolute Gasteiger partial charge is 0.492 e. The first-order valence-corrected chi connectivity index (χ1v) is 14.7. The fourth-order valence-electron chi connectivity index (χ4n) is 6.22. The third-order valence-corrected chi connectivity index (χ3v) is 8.51. The van der Waals surface area contributed by atoms with Crippen molar-refractivity contribution in [3.05, 3.63) is 82.6 Å². The minimum absolute atomic E-state index is 0.675. The number of halogens is 1. The number of nitrogens with one attached hydrogen (secondary N) is 1. The highest BCUT2D eigenvalue weighted by atomic mass is 35.5. The van der Waals surface area contributed by atoms with Crippen LogP contribution in [0.1, 0.15) is 74.6 Å². The van der Waals surface area contributed by atoms with Gasteiger partial charge in [0.05, 0.1) is 0 Å². The van der Waals surface area contributed by atoms with E-state index in [0.717, 1.165) is 57.1 Å². The number of pyridine rings is 1. The van der Waals surface area contributed by atoms with Crippen LogP contribution >= 0.6 is 11.6 Å². The molecule has 5 rings (SSSR count). The van der Waals surface area contributed by atoms with Crippen molar-refractivity contribution >= 4 is 11.6 Å². The van der Waals surface area contributed by atoms with Crippen molar-refractivity contribution in [1.29, 1.82) is 0 Å². The Morgan fingerprint density at radius 3 is 2.21 bits per heavy atom. The van der Waals surface area contributed by atoms with Crippen molar-refractivity contribution in [2.75, 3.05) is 13.2 Å². The molecule has 3 aromatic rings. The van der Waals surface area contributed by atoms with Gasteiger partial charge >= 0.3 is 0 Å². The van der Waals surface area contributed by atoms with Crippen molar-refractivity contribution in [1.82, 2.24) is 10.3 Å². The molecule has 38 heavy (non-hydrogen) atoms. The summed E-state index contributed by atoms with van der Waals surface area (Å²) in [5, 5.41) is 4.66. The minimum atomic E-state index is 0.675. The molecule has 0 bridgehead atoms. The summed E-state index contributed by atoms with van der Waals surface area (Å²) in [5.41, 5.74) is 4.97. The van der Waals surface area contributed by atoms with Gasteiger partial charge in [0.15, 0.2) is 0 Å². The molecule has 2 fully saturated rings. The Labute approximate surface area is 233 Å². The van der Waals surface area contributed by atoms with E-state index in [1.54, 1.807) is 0 Å². The summed E-state index contributed by atoms with van der Waals surface area (Å²) in [7, 11) is 0. The van der Waals surface area contributed by atoms with E-state index in [2.05, 4.69) is 35.1 Å². The highest BCUT2D eigenvalue weighted by Crippen LogP contribution is 2.36. The fourth-order valence-corrected chi connectivity index (χ4v) is 6.35. The summed E-state index contributed by atoms with van der Waals surface area (Å²) in [6, 6.07) is 18.6. The lowest BCUT2D eigenvalue weighted by Crippen LogP contribution is -2.44. The number of ether oxygens (including phenoxy) is 1. The van der Waals surface area contributed by atoms with Crippen molar-refractivity contribution in [3.63, 3.8) is 0 Å². The Hall–Kier alpha value is -2.80. The number of aryl methyl sites for hydroxylation is 1. The van der Waals surface area contributed by atoms with Gasteiger partial charge < -0.3 is 10.1 Å². The smallest absolute Gasteiger partial charge is 0.122 e. The number of rotatable bonds is 8. The summed E-state index contributed by atoms with van der Waals surface area (Å²) in [4.78, 5) is 4.52. The molecule has 1 heterocycles. The number of hydrogen-bond acceptors (Lipinski definition) is 3. The quantitative estimate of drug-likeness (QED) is 0.237. The van der Waals surface area contributed by atoms with Crippen LogP contribution in [0.4, 0.5) is 0 Å². The van der Waals surface area contributed by atoms with Crippen molar-refractivity contribution in [3.8, 4) is 28.7 Å². The van der Waals surface area contributed by atoms with E-state index < -0.39 is 0 Å². The molecule has 2 aromatic carbocycles. The first kappa shape index (κ1) is 26.8. The van der Waals surface area contributed by atoms with Gasteiger partial charge in [0.2, 0.25) is 0 Å². The van der Waals surface area contributed by atoms with E-state index in [9.17, 15) is 0 Å². The van der Waals surface area contributed by atoms with Crippen LogP contribution in [0, 0.1) is 30.6 Å². The SMILES string of the molecule is Cc1cc(C#Cc2ccc(-c3ccc(Cl)cc3)cn2)ccc1OCCNC(C1CCCCC1)C1CCCC1. The second kappa shape index (κ2) is 13.3. The van der Waals surface area contributed by atoms with Gasteiger partial charge in [-0.05, 0) is 97.9 Å². The van der Waals surface area contributed by atoms with Gasteiger partial charge in [-0.15, -0.1) is 0 Å². The normalized spacial score (nSPS) is 17.1. The molecule has 0 aliphatic heterocycles. The summed E-state index contributed by atoms with van der Waals surface area (Å²) < 4.78 is 6.19. The van der Waals surface area contributed by atoms with Crippen LogP contribution in [-0.4, -0.2) is 24.2 Å². The third kappa shape index (κ3) is 7.19. The molecule has 4 heteroatoms. The van der Waals surface area contributed by atoms with Crippen molar-refractivity contribution in [2.24, 2.45) is 11.8 Å². The Balaban J connectivity index is 1.13. The van der Waals surface area contributed by atoms with E-state index in [-0.39, 0.29) is 0 Å². The highest BCUT2D eigenvalue weighted by Gasteiger charge is 2.31. The standard InChI is InChI=1S/C34H39ClN2O/c1-25-23-26(11-18-32-19-15-30(24-37-32)27-13-16-31(35)17-14-27)12-20-33(25)38-22-21-36-34(29-9-5-6-10-29)28-7-3-2-4-8-28/h12-17,19-20,23-24,28-29,34,36H,2-10,21-22H2,1H3. The molecule has 3 nitrogen and oxygen atoms in total. The van der Waals surface area contributed by atoms with E-state index in [0.29, 0.717) is 12.6 Å². The van der Waals surface area contributed by atoms with Crippen LogP contribution in [0.15, 0.2) is 60.8 Å². The molecule has 1 N–H and O–H groups in total. The van der Waals surface area contributed by atoms with Crippen LogP contribution < -0.4 is 10.1 Å². The maximum absolute atomic E-state index is 6.19. The lowest BCUT2D eigenvalue weighted by molar-refractivity contribution is 0.195. The molecule has 0 saturated heterocycles. The number of nitrogens with zero attached hydrogens (tertiary/aromatic N) is 1. The molecule has 2 saturated carbocycles. The Bertz CT molecular complexity index is 1230. The molecule has 0 radical (unpaired) electrons. The molecule has 1 atom stereocenters. The summed E-state index contributed by atoms with van der Waals surface area (Å²) >= 11 is 5.99. The monoisotopic (exact) mass is 526 g/mol. The number of benzene rings is 2. The third-order valence-electron chi connectivity index (χ3n) is 8.26. The van der Waals surface area contributed by atoms with E-state index >= 15 is 0 Å². The second-order valence-electron chi connectivity index (χ2n) is 10.9. The van der Waals surface area contributed by atoms with Crippen LogP contribution in [0.3, 0.4) is 0 Å². The minimum Gasteiger partial charge on any atom is -0.492 e. The first-order chi connectivity index (χ1) is 18.7. The number of aromatic nitrogens is 1. The molecule has 0 spiro atoms. The van der Waals surface area contributed by atoms with Gasteiger partial charge in [0, 0.05) is 34.9 Å². The van der Waals surface area contributed by atoms with Crippen molar-refractivity contribution < 1.29 is 4.74 Å². The average Bonchev–Trinajstić information content (AvgIpc) is 3.49. The first-order valence-electron chi connectivity index (χ1n) is 14.4. The lowest BCUT2D eigenvalue weighted by Gasteiger charge is -2.35. The molecule has 1 aromatic heterocycles. The number of hydrogen-bond donors (Lipinski definition) is 1. The molecular formula is C34H39ClN2O. The molecule has 2 aliphatic carbocycles. The van der Waals surface area contributed by atoms with Gasteiger partial charge in [-0.3, -0.25) is 0 Å². The van der Waals surface area contributed by atoms with Crippen molar-refractivity contribution in [2.45, 2.75) is 70.8 Å². The Morgan fingerprint density at radius 2 is 1.55 bits per heavy atom. The van der Waals surface area contributed by atoms with Gasteiger partial charge in [0.1, 0.15) is 18.1 Å². The van der Waals surface area contributed by atoms with Crippen LogP contribution in [0.25, 0.3) is 11.1 Å². The average molecular weight is 527 g/mol. The predicted octanol–water partition coefficient (Wildman–Crippen LogP) is 8.22. The van der Waals surface area contributed by atoms with E-state index in [1.807, 2.05) is 54.7 Å². The van der Waals surface area contributed by atoms with Crippen LogP contribution in [0.5, 0.6) is 5.75 Å². The maximum Gasteiger partial charge on any atom is 0.122 e. The van der Waals surface area contributed by atoms with Crippen LogP contribution in [0.2, 0.25) is 5.02 Å². The molecule has 2 aliphatic rings. The zero-order chi connectivity index (χ0) is 26.2. The van der Waals surface area contributed by atoms with Crippen LogP contribution in [-0.2, 0) is 0 Å². The molecular weight excluding hydrogens is 488 g/mol. The van der Waals surface area contributed by atoms with Gasteiger partial charge in [0.25, 0.3) is 0 Å². The summed E-state index contributed by atoms with van der Waals surface area (Å²) in [6.45, 7) is 3.71. The van der Waals surface area contributed by atoms with E-state index in [1.165, 1.54) is 57.8 Å². The van der Waals surface area contributed by atoms with E-state index in [4.69, 9.17) is 16.3 Å². The fraction of sp³-hybridized carbons (Fsp3) is 0.441. The zero-order valence-corrected chi connectivity index (χ0v) is 23.3. The topological polar surface area (TPSA) is 34.1 Å². The lowest BCUT2D eigenvalue weighted by atomic mass is 9.78. The summed E-state index contributed by atoms with van der Waals surface area (Å²) in [5.74, 6) is 9.09. The molecule has 198 valence electrons. The predicted molar refractivity (Wildman–Crippen MR) is 158 cm³/mol. The summed E-state index contributed by atoms with van der Waals surface area (Å²) in [6.07, 6.45) is 14.5. The van der Waals surface area contributed by atoms with Gasteiger partial charge in [-0.25, -0.2) is 4.98 Å². The highest BCUT2D eigenvalue weighted by molar-refractivity contribution is 6.30. The molecule has 1 unspecified atom stereocenters.